The van der Waals surface area contributed by atoms with Crippen LogP contribution >= 0.6 is 0 Å². The van der Waals surface area contributed by atoms with Crippen molar-refractivity contribution in [1.29, 1.82) is 0 Å². The van der Waals surface area contributed by atoms with Gasteiger partial charge in [-0.25, -0.2) is 0 Å². The van der Waals surface area contributed by atoms with Crippen molar-refractivity contribution in [1.82, 2.24) is 0 Å². The molecule has 2 aromatic rings. The summed E-state index contributed by atoms with van der Waals surface area (Å²) in [6.45, 7) is 9.51. The van der Waals surface area contributed by atoms with Gasteiger partial charge in [0, 0.05) is 18.7 Å². The molecule has 0 radical (unpaired) electrons. The Bertz CT molecular complexity index is 628. The molecule has 0 fully saturated rings. The minimum atomic E-state index is 0.493. The maximum Gasteiger partial charge on any atom is 0.142 e. The van der Waals surface area contributed by atoms with Crippen LogP contribution in [0.15, 0.2) is 48.5 Å². The first kappa shape index (κ1) is 19.1. The maximum atomic E-state index is 5.90. The van der Waals surface area contributed by atoms with E-state index in [1.165, 1.54) is 0 Å². The average Bonchev–Trinajstić information content (AvgIpc) is 2.63. The molecule has 136 valence electrons. The van der Waals surface area contributed by atoms with Crippen molar-refractivity contribution < 1.29 is 14.2 Å². The second kappa shape index (κ2) is 10.6. The monoisotopic (exact) mass is 343 g/mol. The quantitative estimate of drug-likeness (QED) is 0.598. The van der Waals surface area contributed by atoms with Crippen LogP contribution in [0.4, 0.5) is 5.69 Å². The number of nitrogens with one attached hydrogen (secondary N) is 1. The van der Waals surface area contributed by atoms with E-state index in [0.717, 1.165) is 22.7 Å². The Morgan fingerprint density at radius 1 is 0.880 bits per heavy atom. The molecule has 0 amide bonds. The predicted octanol–water partition coefficient (Wildman–Crippen LogP) is 4.75. The Labute approximate surface area is 151 Å². The van der Waals surface area contributed by atoms with Crippen molar-refractivity contribution in [2.75, 3.05) is 31.7 Å². The smallest absolute Gasteiger partial charge is 0.142 e. The van der Waals surface area contributed by atoms with Gasteiger partial charge in [-0.3, -0.25) is 0 Å². The minimum Gasteiger partial charge on any atom is -0.491 e. The zero-order valence-corrected chi connectivity index (χ0v) is 15.5. The number of hydrogen-bond donors (Lipinski definition) is 1. The molecule has 2 aromatic carbocycles. The molecule has 0 saturated heterocycles. The van der Waals surface area contributed by atoms with Crippen LogP contribution in [0.3, 0.4) is 0 Å². The molecule has 0 bridgehead atoms. The number of ether oxygens (including phenoxy) is 3. The molecular weight excluding hydrogens is 314 g/mol. The van der Waals surface area contributed by atoms with Gasteiger partial charge in [0.15, 0.2) is 0 Å². The Morgan fingerprint density at radius 3 is 2.36 bits per heavy atom. The standard InChI is InChI=1S/C21H29NO3/c1-4-23-13-14-24-20-11-7-5-9-18(20)15-22-19-10-6-8-12-21(19)25-16-17(2)3/h5-12,17,22H,4,13-16H2,1-3H3. The van der Waals surface area contributed by atoms with Crippen LogP contribution in [0.25, 0.3) is 0 Å². The first-order valence-corrected chi connectivity index (χ1v) is 8.94. The average molecular weight is 343 g/mol. The third-order valence-corrected chi connectivity index (χ3v) is 3.59. The van der Waals surface area contributed by atoms with E-state index < -0.39 is 0 Å². The highest BCUT2D eigenvalue weighted by molar-refractivity contribution is 5.56. The number of para-hydroxylation sites is 3. The maximum absolute atomic E-state index is 5.90. The van der Waals surface area contributed by atoms with Gasteiger partial charge in [0.25, 0.3) is 0 Å². The van der Waals surface area contributed by atoms with Gasteiger partial charge in [-0.1, -0.05) is 44.2 Å². The normalized spacial score (nSPS) is 10.7. The fraction of sp³-hybridized carbons (Fsp3) is 0.429. The number of benzene rings is 2. The second-order valence-electron chi connectivity index (χ2n) is 6.21. The van der Waals surface area contributed by atoms with E-state index in [-0.39, 0.29) is 0 Å². The fourth-order valence-corrected chi connectivity index (χ4v) is 2.33. The van der Waals surface area contributed by atoms with Crippen molar-refractivity contribution >= 4 is 5.69 Å². The zero-order chi connectivity index (χ0) is 17.9. The third kappa shape index (κ3) is 6.67. The molecule has 0 spiro atoms. The third-order valence-electron chi connectivity index (χ3n) is 3.59. The van der Waals surface area contributed by atoms with E-state index in [9.17, 15) is 0 Å². The lowest BCUT2D eigenvalue weighted by Crippen LogP contribution is -2.10. The van der Waals surface area contributed by atoms with Crippen molar-refractivity contribution in [3.8, 4) is 11.5 Å². The number of rotatable bonds is 11. The Balaban J connectivity index is 1.97. The lowest BCUT2D eigenvalue weighted by Gasteiger charge is -2.16. The Morgan fingerprint density at radius 2 is 1.60 bits per heavy atom. The Hall–Kier alpha value is -2.20. The highest BCUT2D eigenvalue weighted by Crippen LogP contribution is 2.26. The van der Waals surface area contributed by atoms with Gasteiger partial charge in [0.1, 0.15) is 18.1 Å². The molecular formula is C21H29NO3. The molecule has 25 heavy (non-hydrogen) atoms. The predicted molar refractivity (Wildman–Crippen MR) is 103 cm³/mol. The van der Waals surface area contributed by atoms with Crippen LogP contribution in [-0.2, 0) is 11.3 Å². The lowest BCUT2D eigenvalue weighted by molar-refractivity contribution is 0.110. The second-order valence-corrected chi connectivity index (χ2v) is 6.21. The fourth-order valence-electron chi connectivity index (χ4n) is 2.33. The van der Waals surface area contributed by atoms with Gasteiger partial charge in [-0.05, 0) is 31.0 Å². The number of hydrogen-bond acceptors (Lipinski definition) is 4. The van der Waals surface area contributed by atoms with Crippen LogP contribution < -0.4 is 14.8 Å². The van der Waals surface area contributed by atoms with Gasteiger partial charge in [-0.15, -0.1) is 0 Å². The van der Waals surface area contributed by atoms with Gasteiger partial charge < -0.3 is 19.5 Å². The van der Waals surface area contributed by atoms with Crippen LogP contribution in [0.2, 0.25) is 0 Å². The van der Waals surface area contributed by atoms with E-state index in [4.69, 9.17) is 14.2 Å². The van der Waals surface area contributed by atoms with Crippen molar-refractivity contribution in [2.45, 2.75) is 27.3 Å². The molecule has 2 rings (SSSR count). The summed E-state index contributed by atoms with van der Waals surface area (Å²) in [4.78, 5) is 0. The van der Waals surface area contributed by atoms with Crippen LogP contribution in [0.5, 0.6) is 11.5 Å². The van der Waals surface area contributed by atoms with Gasteiger partial charge >= 0.3 is 0 Å². The molecule has 0 aliphatic heterocycles. The lowest BCUT2D eigenvalue weighted by atomic mass is 10.2. The summed E-state index contributed by atoms with van der Waals surface area (Å²) in [6.07, 6.45) is 0. The minimum absolute atomic E-state index is 0.493. The van der Waals surface area contributed by atoms with Crippen LogP contribution in [-0.4, -0.2) is 26.4 Å². The van der Waals surface area contributed by atoms with Crippen molar-refractivity contribution in [3.63, 3.8) is 0 Å². The largest absolute Gasteiger partial charge is 0.491 e. The summed E-state index contributed by atoms with van der Waals surface area (Å²) in [7, 11) is 0. The van der Waals surface area contributed by atoms with Crippen LogP contribution in [0.1, 0.15) is 26.3 Å². The van der Waals surface area contributed by atoms with E-state index in [2.05, 4.69) is 25.2 Å². The molecule has 0 heterocycles. The molecule has 0 atom stereocenters. The molecule has 0 aliphatic carbocycles. The van der Waals surface area contributed by atoms with E-state index >= 15 is 0 Å². The molecule has 0 saturated carbocycles. The molecule has 0 unspecified atom stereocenters. The van der Waals surface area contributed by atoms with Gasteiger partial charge in [0.2, 0.25) is 0 Å². The van der Waals surface area contributed by atoms with Crippen molar-refractivity contribution in [3.05, 3.63) is 54.1 Å². The summed E-state index contributed by atoms with van der Waals surface area (Å²) >= 11 is 0. The molecule has 0 aromatic heterocycles. The van der Waals surface area contributed by atoms with Gasteiger partial charge in [0.05, 0.1) is 18.9 Å². The molecule has 0 aliphatic rings. The summed E-state index contributed by atoms with van der Waals surface area (Å²) < 4.78 is 17.1. The molecule has 4 nitrogen and oxygen atoms in total. The first-order chi connectivity index (χ1) is 12.2. The highest BCUT2D eigenvalue weighted by Gasteiger charge is 2.07. The highest BCUT2D eigenvalue weighted by atomic mass is 16.5. The summed E-state index contributed by atoms with van der Waals surface area (Å²) in [5.41, 5.74) is 2.10. The van der Waals surface area contributed by atoms with Gasteiger partial charge in [-0.2, -0.15) is 0 Å². The topological polar surface area (TPSA) is 39.7 Å². The molecule has 4 heteroatoms. The SMILES string of the molecule is CCOCCOc1ccccc1CNc1ccccc1OCC(C)C. The summed E-state index contributed by atoms with van der Waals surface area (Å²) in [5.74, 6) is 2.26. The summed E-state index contributed by atoms with van der Waals surface area (Å²) in [6, 6.07) is 16.1. The Kier molecular flexibility index (Phi) is 8.13. The van der Waals surface area contributed by atoms with E-state index in [0.29, 0.717) is 38.9 Å². The molecule has 1 N–H and O–H groups in total. The van der Waals surface area contributed by atoms with E-state index in [1.54, 1.807) is 0 Å². The number of anilines is 1. The first-order valence-electron chi connectivity index (χ1n) is 8.94. The summed E-state index contributed by atoms with van der Waals surface area (Å²) in [5, 5.41) is 3.46. The van der Waals surface area contributed by atoms with Crippen molar-refractivity contribution in [2.24, 2.45) is 5.92 Å². The van der Waals surface area contributed by atoms with E-state index in [1.807, 2.05) is 49.4 Å². The van der Waals surface area contributed by atoms with Crippen LogP contribution in [0, 0.1) is 5.92 Å². The zero-order valence-electron chi connectivity index (χ0n) is 15.5.